The predicted molar refractivity (Wildman–Crippen MR) is 176 cm³/mol. The second-order valence-corrected chi connectivity index (χ2v) is 11.9. The average Bonchev–Trinajstić information content (AvgIpc) is 2.98. The van der Waals surface area contributed by atoms with Gasteiger partial charge in [-0.15, -0.1) is 11.8 Å². The monoisotopic (exact) mass is 642 g/mol. The van der Waals surface area contributed by atoms with Gasteiger partial charge in [0.15, 0.2) is 0 Å². The summed E-state index contributed by atoms with van der Waals surface area (Å²) in [6, 6.07) is 31.0. The zero-order chi connectivity index (χ0) is 30.1. The Morgan fingerprint density at radius 2 is 1.50 bits per heavy atom. The zero-order valence-corrected chi connectivity index (χ0v) is 25.8. The van der Waals surface area contributed by atoms with Gasteiger partial charge in [0, 0.05) is 46.1 Å². The summed E-state index contributed by atoms with van der Waals surface area (Å²) in [5, 5.41) is 8.19. The van der Waals surface area contributed by atoms with Crippen LogP contribution >= 0.6 is 27.7 Å². The number of amides is 3. The van der Waals surface area contributed by atoms with Gasteiger partial charge in [-0.25, -0.2) is 0 Å². The summed E-state index contributed by atoms with van der Waals surface area (Å²) in [4.78, 5) is 41.9. The molecular weight excluding hydrogens is 612 g/mol. The van der Waals surface area contributed by atoms with Gasteiger partial charge in [0.2, 0.25) is 5.91 Å². The number of hydrogen-bond donors (Lipinski definition) is 3. The number of anilines is 3. The molecule has 4 aromatic carbocycles. The van der Waals surface area contributed by atoms with Crippen molar-refractivity contribution in [3.8, 4) is 0 Å². The molecule has 1 atom stereocenters. The molecule has 4 aromatic rings. The first-order chi connectivity index (χ1) is 20.2. The van der Waals surface area contributed by atoms with Crippen molar-refractivity contribution in [2.45, 2.75) is 17.1 Å². The fourth-order valence-corrected chi connectivity index (χ4v) is 5.05. The Morgan fingerprint density at radius 3 is 2.17 bits per heavy atom. The van der Waals surface area contributed by atoms with Crippen molar-refractivity contribution in [1.82, 2.24) is 5.32 Å². The summed E-state index contributed by atoms with van der Waals surface area (Å²) in [7, 11) is 3.90. The van der Waals surface area contributed by atoms with Crippen LogP contribution in [0, 0.1) is 0 Å². The zero-order valence-electron chi connectivity index (χ0n) is 23.4. The quantitative estimate of drug-likeness (QED) is 0.127. The molecule has 4 rings (SSSR count). The Bertz CT molecular complexity index is 1570. The molecule has 0 saturated heterocycles. The van der Waals surface area contributed by atoms with Crippen molar-refractivity contribution in [2.75, 3.05) is 29.6 Å². The second-order valence-electron chi connectivity index (χ2n) is 9.60. The molecule has 0 radical (unpaired) electrons. The summed E-state index contributed by atoms with van der Waals surface area (Å²) < 4.78 is 0.932. The van der Waals surface area contributed by atoms with Crippen LogP contribution in [-0.2, 0) is 9.59 Å². The van der Waals surface area contributed by atoms with Gasteiger partial charge >= 0.3 is 0 Å². The molecule has 0 fully saturated rings. The van der Waals surface area contributed by atoms with Gasteiger partial charge in [0.1, 0.15) is 5.70 Å². The minimum Gasteiger partial charge on any atom is -0.378 e. The molecule has 42 heavy (non-hydrogen) atoms. The molecule has 0 bridgehead atoms. The SMILES string of the molecule is CC(Sc1cccc(NC(=O)/C(=C\c2ccc(N(C)C)cc2)NC(=O)c2ccccc2)c1)C(=O)Nc1ccc(Br)cc1. The number of thioether (sulfide) groups is 1. The lowest BCUT2D eigenvalue weighted by atomic mass is 10.1. The van der Waals surface area contributed by atoms with Crippen LogP contribution in [-0.4, -0.2) is 37.1 Å². The van der Waals surface area contributed by atoms with Gasteiger partial charge in [-0.2, -0.15) is 0 Å². The second kappa shape index (κ2) is 14.5. The number of halogens is 1. The molecule has 0 saturated carbocycles. The van der Waals surface area contributed by atoms with Gasteiger partial charge in [0.25, 0.3) is 11.8 Å². The van der Waals surface area contributed by atoms with E-state index in [9.17, 15) is 14.4 Å². The van der Waals surface area contributed by atoms with E-state index in [4.69, 9.17) is 0 Å². The number of benzene rings is 4. The average molecular weight is 644 g/mol. The first-order valence-corrected chi connectivity index (χ1v) is 14.9. The van der Waals surface area contributed by atoms with Crippen LogP contribution in [0.1, 0.15) is 22.8 Å². The van der Waals surface area contributed by atoms with Crippen LogP contribution in [0.5, 0.6) is 0 Å². The molecule has 0 aliphatic rings. The maximum Gasteiger partial charge on any atom is 0.272 e. The van der Waals surface area contributed by atoms with E-state index >= 15 is 0 Å². The Morgan fingerprint density at radius 1 is 0.810 bits per heavy atom. The molecule has 1 unspecified atom stereocenters. The molecule has 3 amide bonds. The van der Waals surface area contributed by atoms with Crippen molar-refractivity contribution < 1.29 is 14.4 Å². The maximum atomic E-state index is 13.5. The minimum atomic E-state index is -0.473. The summed E-state index contributed by atoms with van der Waals surface area (Å²) in [5.41, 5.74) is 3.56. The Kier molecular flexibility index (Phi) is 10.6. The highest BCUT2D eigenvalue weighted by Crippen LogP contribution is 2.27. The van der Waals surface area contributed by atoms with E-state index in [0.717, 1.165) is 20.6 Å². The first kappa shape index (κ1) is 30.6. The van der Waals surface area contributed by atoms with E-state index < -0.39 is 11.8 Å². The number of carbonyl (C=O) groups is 3. The highest BCUT2D eigenvalue weighted by atomic mass is 79.9. The molecule has 0 spiro atoms. The van der Waals surface area contributed by atoms with Crippen LogP contribution in [0.4, 0.5) is 17.1 Å². The molecular formula is C33H31BrN4O3S. The first-order valence-electron chi connectivity index (χ1n) is 13.2. The fourth-order valence-electron chi connectivity index (χ4n) is 3.86. The van der Waals surface area contributed by atoms with Gasteiger partial charge < -0.3 is 20.9 Å². The van der Waals surface area contributed by atoms with Gasteiger partial charge in [0.05, 0.1) is 5.25 Å². The van der Waals surface area contributed by atoms with Gasteiger partial charge in [-0.3, -0.25) is 14.4 Å². The van der Waals surface area contributed by atoms with Crippen molar-refractivity contribution >= 4 is 68.6 Å². The lowest BCUT2D eigenvalue weighted by Gasteiger charge is -2.15. The van der Waals surface area contributed by atoms with E-state index in [1.54, 1.807) is 42.5 Å². The largest absolute Gasteiger partial charge is 0.378 e. The van der Waals surface area contributed by atoms with Crippen LogP contribution in [0.2, 0.25) is 0 Å². The van der Waals surface area contributed by atoms with Crippen LogP contribution in [0.3, 0.4) is 0 Å². The van der Waals surface area contributed by atoms with Crippen molar-refractivity contribution in [3.05, 3.63) is 124 Å². The van der Waals surface area contributed by atoms with Crippen LogP contribution < -0.4 is 20.9 Å². The number of nitrogens with one attached hydrogen (secondary N) is 3. The number of hydrogen-bond acceptors (Lipinski definition) is 5. The van der Waals surface area contributed by atoms with E-state index in [1.165, 1.54) is 11.8 Å². The third-order valence-electron chi connectivity index (χ3n) is 6.14. The highest BCUT2D eigenvalue weighted by Gasteiger charge is 2.17. The molecule has 7 nitrogen and oxygen atoms in total. The lowest BCUT2D eigenvalue weighted by Crippen LogP contribution is -2.30. The number of nitrogens with zero attached hydrogens (tertiary/aromatic N) is 1. The van der Waals surface area contributed by atoms with E-state index in [-0.39, 0.29) is 16.9 Å². The molecule has 0 aliphatic heterocycles. The van der Waals surface area contributed by atoms with Crippen molar-refractivity contribution in [3.63, 3.8) is 0 Å². The molecule has 0 aliphatic carbocycles. The van der Waals surface area contributed by atoms with Gasteiger partial charge in [-0.05, 0) is 85.3 Å². The molecule has 0 aromatic heterocycles. The molecule has 9 heteroatoms. The standard InChI is InChI=1S/C33H31BrN4O3S/c1-22(31(39)35-26-16-14-25(34)15-17-26)42-29-11-7-10-27(21-29)36-33(41)30(37-32(40)24-8-5-4-6-9-24)20-23-12-18-28(19-13-23)38(2)3/h4-22H,1-3H3,(H,35,39)(H,36,41)(H,37,40)/b30-20+. The van der Waals surface area contributed by atoms with Crippen LogP contribution in [0.15, 0.2) is 118 Å². The highest BCUT2D eigenvalue weighted by molar-refractivity contribution is 9.10. The normalized spacial score (nSPS) is 11.8. The smallest absolute Gasteiger partial charge is 0.272 e. The third-order valence-corrected chi connectivity index (χ3v) is 7.76. The number of carbonyl (C=O) groups excluding carboxylic acids is 3. The molecule has 214 valence electrons. The topological polar surface area (TPSA) is 90.5 Å². The third kappa shape index (κ3) is 8.83. The minimum absolute atomic E-state index is 0.0988. The molecule has 0 heterocycles. The lowest BCUT2D eigenvalue weighted by molar-refractivity contribution is -0.115. The van der Waals surface area contributed by atoms with Crippen molar-refractivity contribution in [2.24, 2.45) is 0 Å². The van der Waals surface area contributed by atoms with E-state index in [2.05, 4.69) is 31.9 Å². The fraction of sp³-hybridized carbons (Fsp3) is 0.121. The summed E-state index contributed by atoms with van der Waals surface area (Å²) in [6.45, 7) is 1.83. The summed E-state index contributed by atoms with van der Waals surface area (Å²) in [6.07, 6.45) is 1.64. The summed E-state index contributed by atoms with van der Waals surface area (Å²) >= 11 is 4.77. The Labute approximate surface area is 258 Å². The van der Waals surface area contributed by atoms with E-state index in [0.29, 0.717) is 16.9 Å². The molecule has 3 N–H and O–H groups in total. The summed E-state index contributed by atoms with van der Waals surface area (Å²) in [5.74, 6) is -0.998. The van der Waals surface area contributed by atoms with Crippen molar-refractivity contribution in [1.29, 1.82) is 0 Å². The van der Waals surface area contributed by atoms with Crippen LogP contribution in [0.25, 0.3) is 6.08 Å². The number of rotatable bonds is 10. The van der Waals surface area contributed by atoms with Gasteiger partial charge in [-0.1, -0.05) is 52.3 Å². The van der Waals surface area contributed by atoms with E-state index in [1.807, 2.05) is 92.6 Å². The maximum absolute atomic E-state index is 13.5. The Hall–Kier alpha value is -4.34. The predicted octanol–water partition coefficient (Wildman–Crippen LogP) is 7.04. The Balaban J connectivity index is 1.49.